The summed E-state index contributed by atoms with van der Waals surface area (Å²) in [5.41, 5.74) is 1.22. The Morgan fingerprint density at radius 2 is 2.05 bits per heavy atom. The predicted molar refractivity (Wildman–Crippen MR) is 83.6 cm³/mol. The zero-order chi connectivity index (χ0) is 14.1. The molecule has 1 atom stereocenters. The van der Waals surface area contributed by atoms with Crippen LogP contribution in [-0.4, -0.2) is 31.8 Å². The van der Waals surface area contributed by atoms with Gasteiger partial charge in [-0.15, -0.1) is 0 Å². The summed E-state index contributed by atoms with van der Waals surface area (Å²) in [5, 5.41) is 3.39. The fraction of sp³-hybridized carbons (Fsp3) is 0.600. The number of rotatable bonds is 9. The van der Waals surface area contributed by atoms with Crippen LogP contribution in [0.15, 0.2) is 18.2 Å². The van der Waals surface area contributed by atoms with Gasteiger partial charge in [-0.3, -0.25) is 0 Å². The van der Waals surface area contributed by atoms with Crippen molar-refractivity contribution in [2.75, 3.05) is 31.8 Å². The Hall–Kier alpha value is -0.870. The van der Waals surface area contributed by atoms with Crippen LogP contribution in [0.5, 0.6) is 11.5 Å². The Morgan fingerprint density at radius 1 is 1.26 bits per heavy atom. The van der Waals surface area contributed by atoms with Crippen LogP contribution < -0.4 is 14.8 Å². The van der Waals surface area contributed by atoms with Crippen molar-refractivity contribution in [2.45, 2.75) is 26.8 Å². The molecule has 1 rings (SSSR count). The lowest BCUT2D eigenvalue weighted by Gasteiger charge is -2.16. The van der Waals surface area contributed by atoms with Crippen molar-refractivity contribution >= 4 is 11.8 Å². The van der Waals surface area contributed by atoms with Gasteiger partial charge in [-0.25, -0.2) is 0 Å². The van der Waals surface area contributed by atoms with Gasteiger partial charge in [0.05, 0.1) is 13.7 Å². The van der Waals surface area contributed by atoms with E-state index in [1.165, 1.54) is 5.56 Å². The van der Waals surface area contributed by atoms with Crippen molar-refractivity contribution in [3.05, 3.63) is 23.8 Å². The van der Waals surface area contributed by atoms with Crippen LogP contribution in [0.2, 0.25) is 0 Å². The Labute approximate surface area is 121 Å². The maximum absolute atomic E-state index is 5.76. The first-order valence-electron chi connectivity index (χ1n) is 6.84. The first kappa shape index (κ1) is 16.2. The van der Waals surface area contributed by atoms with Crippen molar-refractivity contribution in [1.29, 1.82) is 0 Å². The van der Waals surface area contributed by atoms with Crippen molar-refractivity contribution < 1.29 is 9.47 Å². The highest BCUT2D eigenvalue weighted by atomic mass is 32.2. The van der Waals surface area contributed by atoms with Crippen molar-refractivity contribution in [3.63, 3.8) is 0 Å². The first-order chi connectivity index (χ1) is 9.22. The molecule has 4 heteroatoms. The lowest BCUT2D eigenvalue weighted by atomic mass is 10.1. The molecule has 0 fully saturated rings. The Morgan fingerprint density at radius 3 is 2.68 bits per heavy atom. The predicted octanol–water partition coefficient (Wildman–Crippen LogP) is 3.50. The lowest BCUT2D eigenvalue weighted by Crippen LogP contribution is -2.17. The molecule has 19 heavy (non-hydrogen) atoms. The van der Waals surface area contributed by atoms with Gasteiger partial charge < -0.3 is 14.8 Å². The summed E-state index contributed by atoms with van der Waals surface area (Å²) in [6.45, 7) is 8.09. The molecule has 0 amide bonds. The van der Waals surface area contributed by atoms with E-state index in [1.54, 1.807) is 7.11 Å². The van der Waals surface area contributed by atoms with Crippen LogP contribution >= 0.6 is 11.8 Å². The fourth-order valence-electron chi connectivity index (χ4n) is 1.85. The second-order valence-corrected chi connectivity index (χ2v) is 5.63. The van der Waals surface area contributed by atoms with Gasteiger partial charge in [0.2, 0.25) is 0 Å². The molecule has 0 aliphatic carbocycles. The number of benzene rings is 1. The summed E-state index contributed by atoms with van der Waals surface area (Å²) in [6.07, 6.45) is 0. The second kappa shape index (κ2) is 9.10. The second-order valence-electron chi connectivity index (χ2n) is 4.24. The summed E-state index contributed by atoms with van der Waals surface area (Å²) in [5.74, 6) is 3.77. The number of hydrogen-bond donors (Lipinski definition) is 1. The average molecular weight is 283 g/mol. The zero-order valence-electron chi connectivity index (χ0n) is 12.4. The summed E-state index contributed by atoms with van der Waals surface area (Å²) in [7, 11) is 1.69. The zero-order valence-corrected chi connectivity index (χ0v) is 13.2. The molecule has 0 spiro atoms. The van der Waals surface area contributed by atoms with E-state index in [2.05, 4.69) is 38.2 Å². The normalized spacial score (nSPS) is 12.2. The van der Waals surface area contributed by atoms with Crippen molar-refractivity contribution in [1.82, 2.24) is 5.32 Å². The molecule has 0 saturated heterocycles. The Kier molecular flexibility index (Phi) is 7.75. The topological polar surface area (TPSA) is 30.5 Å². The largest absolute Gasteiger partial charge is 0.493 e. The molecule has 3 nitrogen and oxygen atoms in total. The minimum atomic E-state index is 0.323. The van der Waals surface area contributed by atoms with E-state index < -0.39 is 0 Å². The maximum Gasteiger partial charge on any atom is 0.161 e. The minimum absolute atomic E-state index is 0.323. The molecule has 0 heterocycles. The molecule has 0 saturated carbocycles. The third-order valence-electron chi connectivity index (χ3n) is 2.89. The minimum Gasteiger partial charge on any atom is -0.493 e. The third kappa shape index (κ3) is 5.33. The van der Waals surface area contributed by atoms with Crippen LogP contribution in [0.4, 0.5) is 0 Å². The molecule has 0 aliphatic rings. The number of thioether (sulfide) groups is 1. The number of hydrogen-bond acceptors (Lipinski definition) is 4. The highest BCUT2D eigenvalue weighted by Crippen LogP contribution is 2.30. The molecule has 1 aromatic rings. The van der Waals surface area contributed by atoms with Crippen LogP contribution in [0.25, 0.3) is 0 Å². The Bertz CT molecular complexity index is 371. The number of methoxy groups -OCH3 is 1. The molecule has 1 aromatic carbocycles. The lowest BCUT2D eigenvalue weighted by molar-refractivity contribution is 0.313. The molecule has 1 N–H and O–H groups in total. The van der Waals surface area contributed by atoms with E-state index >= 15 is 0 Å². The quantitative estimate of drug-likeness (QED) is 0.703. The van der Waals surface area contributed by atoms with E-state index in [0.717, 1.165) is 36.2 Å². The van der Waals surface area contributed by atoms with Gasteiger partial charge in [0.1, 0.15) is 0 Å². The molecule has 0 aromatic heterocycles. The van der Waals surface area contributed by atoms with Gasteiger partial charge in [-0.1, -0.05) is 19.9 Å². The van der Waals surface area contributed by atoms with Gasteiger partial charge in [0, 0.05) is 11.8 Å². The van der Waals surface area contributed by atoms with Crippen LogP contribution in [0.3, 0.4) is 0 Å². The molecular weight excluding hydrogens is 258 g/mol. The van der Waals surface area contributed by atoms with E-state index in [-0.39, 0.29) is 0 Å². The van der Waals surface area contributed by atoms with Gasteiger partial charge in [0.25, 0.3) is 0 Å². The highest BCUT2D eigenvalue weighted by Gasteiger charge is 2.09. The summed E-state index contributed by atoms with van der Waals surface area (Å²) in [6, 6.07) is 6.47. The molecule has 108 valence electrons. The first-order valence-corrected chi connectivity index (χ1v) is 8.00. The van der Waals surface area contributed by atoms with Gasteiger partial charge in [0.15, 0.2) is 11.5 Å². The van der Waals surface area contributed by atoms with Crippen molar-refractivity contribution in [2.24, 2.45) is 0 Å². The summed E-state index contributed by atoms with van der Waals surface area (Å²) >= 11 is 1.88. The molecule has 1 unspecified atom stereocenters. The molecule has 0 aliphatic heterocycles. The monoisotopic (exact) mass is 283 g/mol. The van der Waals surface area contributed by atoms with E-state index in [1.807, 2.05) is 17.8 Å². The molecule has 0 radical (unpaired) electrons. The van der Waals surface area contributed by atoms with Gasteiger partial charge in [-0.2, -0.15) is 11.8 Å². The van der Waals surface area contributed by atoms with Crippen LogP contribution in [0, 0.1) is 0 Å². The highest BCUT2D eigenvalue weighted by molar-refractivity contribution is 7.99. The van der Waals surface area contributed by atoms with E-state index in [0.29, 0.717) is 6.04 Å². The van der Waals surface area contributed by atoms with E-state index in [4.69, 9.17) is 9.47 Å². The average Bonchev–Trinajstić information content (AvgIpc) is 2.44. The summed E-state index contributed by atoms with van der Waals surface area (Å²) in [4.78, 5) is 0. The third-order valence-corrected chi connectivity index (χ3v) is 3.75. The molecular formula is C15H25NO2S. The van der Waals surface area contributed by atoms with Gasteiger partial charge in [-0.05, 0) is 36.9 Å². The van der Waals surface area contributed by atoms with E-state index in [9.17, 15) is 0 Å². The maximum atomic E-state index is 5.76. The smallest absolute Gasteiger partial charge is 0.161 e. The van der Waals surface area contributed by atoms with Crippen LogP contribution in [0.1, 0.15) is 32.4 Å². The SMILES string of the molecule is CCNC(C)c1ccc(OCCSCC)c(OC)c1. The number of ether oxygens (including phenoxy) is 2. The standard InChI is InChI=1S/C15H25NO2S/c1-5-16-12(3)13-7-8-14(15(11-13)17-4)18-9-10-19-6-2/h7-8,11-12,16H,5-6,9-10H2,1-4H3. The van der Waals surface area contributed by atoms with Crippen molar-refractivity contribution in [3.8, 4) is 11.5 Å². The molecule has 0 bridgehead atoms. The summed E-state index contributed by atoms with van der Waals surface area (Å²) < 4.78 is 11.2. The fourth-order valence-corrected chi connectivity index (χ4v) is 2.34. The number of nitrogens with one attached hydrogen (secondary N) is 1. The Balaban J connectivity index is 2.67. The van der Waals surface area contributed by atoms with Crippen LogP contribution in [-0.2, 0) is 0 Å². The van der Waals surface area contributed by atoms with Gasteiger partial charge >= 0.3 is 0 Å².